The van der Waals surface area contributed by atoms with Gasteiger partial charge in [0.15, 0.2) is 12.0 Å². The fourth-order valence-electron chi connectivity index (χ4n) is 2.07. The number of furan rings is 1. The van der Waals surface area contributed by atoms with Gasteiger partial charge in [0.05, 0.1) is 6.61 Å². The zero-order valence-corrected chi connectivity index (χ0v) is 12.0. The number of rotatable bonds is 6. The van der Waals surface area contributed by atoms with E-state index in [1.807, 2.05) is 13.0 Å². The summed E-state index contributed by atoms with van der Waals surface area (Å²) in [4.78, 5) is 22.8. The summed E-state index contributed by atoms with van der Waals surface area (Å²) in [6.07, 6.45) is 0.653. The largest absolute Gasteiger partial charge is 0.453 e. The Hall–Kier alpha value is -2.40. The maximum absolute atomic E-state index is 12.1. The lowest BCUT2D eigenvalue weighted by Crippen LogP contribution is -2.27. The molecule has 0 radical (unpaired) electrons. The Morgan fingerprint density at radius 1 is 1.33 bits per heavy atom. The molecule has 1 N–H and O–H groups in total. The second-order valence-corrected chi connectivity index (χ2v) is 4.55. The maximum Gasteiger partial charge on any atom is 0.251 e. The molecule has 1 aromatic carbocycles. The Balaban J connectivity index is 2.27. The minimum atomic E-state index is -0.159. The summed E-state index contributed by atoms with van der Waals surface area (Å²) in [6, 6.07) is 8.72. The summed E-state index contributed by atoms with van der Waals surface area (Å²) >= 11 is 0. The smallest absolute Gasteiger partial charge is 0.251 e. The Morgan fingerprint density at radius 3 is 2.81 bits per heavy atom. The summed E-state index contributed by atoms with van der Waals surface area (Å²) < 4.78 is 10.3. The third-order valence-corrected chi connectivity index (χ3v) is 3.18. The van der Waals surface area contributed by atoms with E-state index < -0.39 is 0 Å². The van der Waals surface area contributed by atoms with Crippen molar-refractivity contribution in [3.63, 3.8) is 0 Å². The minimum absolute atomic E-state index is 0.159. The van der Waals surface area contributed by atoms with Gasteiger partial charge in [-0.05, 0) is 30.7 Å². The van der Waals surface area contributed by atoms with Gasteiger partial charge in [-0.15, -0.1) is 0 Å². The van der Waals surface area contributed by atoms with Gasteiger partial charge in [0.2, 0.25) is 0 Å². The number of hydrogen-bond acceptors (Lipinski definition) is 4. The van der Waals surface area contributed by atoms with Crippen LogP contribution in [0.25, 0.3) is 11.3 Å². The molecule has 0 aliphatic carbocycles. The van der Waals surface area contributed by atoms with Gasteiger partial charge in [-0.25, -0.2) is 0 Å². The Labute approximate surface area is 122 Å². The number of benzene rings is 1. The minimum Gasteiger partial charge on any atom is -0.453 e. The van der Waals surface area contributed by atoms with Crippen molar-refractivity contribution < 1.29 is 18.7 Å². The van der Waals surface area contributed by atoms with E-state index in [2.05, 4.69) is 5.32 Å². The van der Waals surface area contributed by atoms with Gasteiger partial charge < -0.3 is 14.5 Å². The first-order chi connectivity index (χ1) is 10.2. The molecule has 110 valence electrons. The molecule has 1 amide bonds. The van der Waals surface area contributed by atoms with Gasteiger partial charge in [-0.3, -0.25) is 9.59 Å². The van der Waals surface area contributed by atoms with Crippen molar-refractivity contribution in [1.29, 1.82) is 0 Å². The average Bonchev–Trinajstić information content (AvgIpc) is 2.96. The first-order valence-electron chi connectivity index (χ1n) is 6.59. The van der Waals surface area contributed by atoms with Crippen LogP contribution in [-0.4, -0.2) is 32.5 Å². The second kappa shape index (κ2) is 6.85. The zero-order valence-electron chi connectivity index (χ0n) is 12.0. The number of amides is 1. The number of hydrogen-bond donors (Lipinski definition) is 1. The van der Waals surface area contributed by atoms with Gasteiger partial charge in [-0.2, -0.15) is 0 Å². The fraction of sp³-hybridized carbons (Fsp3) is 0.250. The molecule has 2 rings (SSSR count). The van der Waals surface area contributed by atoms with Gasteiger partial charge in [0.25, 0.3) is 5.91 Å². The van der Waals surface area contributed by atoms with E-state index in [-0.39, 0.29) is 11.7 Å². The highest BCUT2D eigenvalue weighted by molar-refractivity contribution is 5.97. The van der Waals surface area contributed by atoms with Crippen LogP contribution < -0.4 is 5.32 Å². The van der Waals surface area contributed by atoms with Gasteiger partial charge >= 0.3 is 0 Å². The van der Waals surface area contributed by atoms with Crippen LogP contribution in [0.2, 0.25) is 0 Å². The predicted octanol–water partition coefficient (Wildman–Crippen LogP) is 2.44. The van der Waals surface area contributed by atoms with Crippen molar-refractivity contribution in [1.82, 2.24) is 5.32 Å². The molecule has 0 saturated carbocycles. The summed E-state index contributed by atoms with van der Waals surface area (Å²) in [5.74, 6) is 0.675. The van der Waals surface area contributed by atoms with E-state index in [1.165, 1.54) is 0 Å². The maximum atomic E-state index is 12.1. The third-order valence-electron chi connectivity index (χ3n) is 3.18. The lowest BCUT2D eigenvalue weighted by atomic mass is 10.00. The molecule has 1 aromatic heterocycles. The monoisotopic (exact) mass is 287 g/mol. The van der Waals surface area contributed by atoms with E-state index in [0.717, 1.165) is 11.1 Å². The molecule has 0 spiro atoms. The topological polar surface area (TPSA) is 68.5 Å². The second-order valence-electron chi connectivity index (χ2n) is 4.55. The van der Waals surface area contributed by atoms with Crippen molar-refractivity contribution in [3.05, 3.63) is 47.2 Å². The number of methoxy groups -OCH3 is 1. The molecule has 0 aliphatic rings. The Kier molecular flexibility index (Phi) is 4.90. The lowest BCUT2D eigenvalue weighted by molar-refractivity contribution is 0.0936. The number of carbonyl (C=O) groups is 2. The molecule has 5 nitrogen and oxygen atoms in total. The molecular formula is C16H17NO4. The summed E-state index contributed by atoms with van der Waals surface area (Å²) in [5.41, 5.74) is 2.18. The van der Waals surface area contributed by atoms with E-state index >= 15 is 0 Å². The highest BCUT2D eigenvalue weighted by Crippen LogP contribution is 2.27. The summed E-state index contributed by atoms with van der Waals surface area (Å²) in [6.45, 7) is 2.77. The molecule has 1 heterocycles. The third kappa shape index (κ3) is 3.38. The highest BCUT2D eigenvalue weighted by Gasteiger charge is 2.14. The molecular weight excluding hydrogens is 270 g/mol. The van der Waals surface area contributed by atoms with E-state index in [9.17, 15) is 9.59 Å². The van der Waals surface area contributed by atoms with E-state index in [0.29, 0.717) is 30.8 Å². The van der Waals surface area contributed by atoms with Crippen molar-refractivity contribution in [2.24, 2.45) is 0 Å². The quantitative estimate of drug-likeness (QED) is 0.654. The first kappa shape index (κ1) is 15.0. The van der Waals surface area contributed by atoms with Crippen LogP contribution in [0.15, 0.2) is 34.7 Å². The standard InChI is InChI=1S/C16H17NO4/c1-11-13(15-7-6-12(10-18)21-15)4-3-5-14(11)16(19)17-8-9-20-2/h3-7,10H,8-9H2,1-2H3,(H,17,19). The van der Waals surface area contributed by atoms with Crippen LogP contribution in [-0.2, 0) is 4.74 Å². The van der Waals surface area contributed by atoms with Crippen LogP contribution in [0, 0.1) is 6.92 Å². The molecule has 0 aliphatic heterocycles. The number of nitrogens with one attached hydrogen (secondary N) is 1. The zero-order chi connectivity index (χ0) is 15.2. The molecule has 0 saturated heterocycles. The molecule has 0 atom stereocenters. The molecule has 21 heavy (non-hydrogen) atoms. The molecule has 0 fully saturated rings. The number of ether oxygens (including phenoxy) is 1. The van der Waals surface area contributed by atoms with E-state index in [1.54, 1.807) is 31.4 Å². The summed E-state index contributed by atoms with van der Waals surface area (Å²) in [7, 11) is 1.58. The summed E-state index contributed by atoms with van der Waals surface area (Å²) in [5, 5.41) is 2.79. The van der Waals surface area contributed by atoms with Crippen molar-refractivity contribution in [3.8, 4) is 11.3 Å². The van der Waals surface area contributed by atoms with Gasteiger partial charge in [-0.1, -0.05) is 12.1 Å². The van der Waals surface area contributed by atoms with E-state index in [4.69, 9.17) is 9.15 Å². The van der Waals surface area contributed by atoms with Gasteiger partial charge in [0.1, 0.15) is 5.76 Å². The molecule has 0 unspecified atom stereocenters. The SMILES string of the molecule is COCCNC(=O)c1cccc(-c2ccc(C=O)o2)c1C. The number of aldehydes is 1. The van der Waals surface area contributed by atoms with Crippen molar-refractivity contribution in [2.75, 3.05) is 20.3 Å². The normalized spacial score (nSPS) is 10.4. The average molecular weight is 287 g/mol. The molecule has 2 aromatic rings. The first-order valence-corrected chi connectivity index (χ1v) is 6.59. The van der Waals surface area contributed by atoms with Crippen molar-refractivity contribution in [2.45, 2.75) is 6.92 Å². The lowest BCUT2D eigenvalue weighted by Gasteiger charge is -2.10. The van der Waals surface area contributed by atoms with Gasteiger partial charge in [0, 0.05) is 24.8 Å². The van der Waals surface area contributed by atoms with Crippen LogP contribution in [0.4, 0.5) is 0 Å². The van der Waals surface area contributed by atoms with Crippen LogP contribution in [0.1, 0.15) is 26.5 Å². The van der Waals surface area contributed by atoms with Crippen LogP contribution in [0.5, 0.6) is 0 Å². The van der Waals surface area contributed by atoms with Crippen molar-refractivity contribution >= 4 is 12.2 Å². The fourth-order valence-corrected chi connectivity index (χ4v) is 2.07. The van der Waals surface area contributed by atoms with Crippen LogP contribution in [0.3, 0.4) is 0 Å². The molecule has 5 heteroatoms. The number of carbonyl (C=O) groups excluding carboxylic acids is 2. The Bertz CT molecular complexity index is 645. The highest BCUT2D eigenvalue weighted by atomic mass is 16.5. The Morgan fingerprint density at radius 2 is 2.14 bits per heavy atom. The molecule has 0 bridgehead atoms. The van der Waals surface area contributed by atoms with Crippen LogP contribution >= 0.6 is 0 Å². The predicted molar refractivity (Wildman–Crippen MR) is 78.5 cm³/mol.